The van der Waals surface area contributed by atoms with Crippen LogP contribution in [0.3, 0.4) is 0 Å². The minimum Gasteiger partial charge on any atom is -0.364 e. The van der Waals surface area contributed by atoms with Crippen LogP contribution in [0.2, 0.25) is 0 Å². The molecule has 1 aliphatic heterocycles. The third-order valence-electron chi connectivity index (χ3n) is 7.47. The van der Waals surface area contributed by atoms with E-state index in [1.807, 2.05) is 12.1 Å². The van der Waals surface area contributed by atoms with Crippen LogP contribution in [0.4, 0.5) is 14.5 Å². The fourth-order valence-electron chi connectivity index (χ4n) is 5.51. The Morgan fingerprint density at radius 1 is 1.14 bits per heavy atom. The molecular weight excluding hydrogens is 488 g/mol. The number of hydrogen-bond donors (Lipinski definition) is 0. The predicted molar refractivity (Wildman–Crippen MR) is 129 cm³/mol. The smallest absolute Gasteiger partial charge is 0.264 e. The summed E-state index contributed by atoms with van der Waals surface area (Å²) in [4.78, 5) is 14.7. The lowest BCUT2D eigenvalue weighted by atomic mass is 9.67. The number of benzene rings is 2. The van der Waals surface area contributed by atoms with Gasteiger partial charge in [-0.2, -0.15) is 0 Å². The first-order valence-corrected chi connectivity index (χ1v) is 13.3. The van der Waals surface area contributed by atoms with Gasteiger partial charge in [-0.3, -0.25) is 9.10 Å². The van der Waals surface area contributed by atoms with E-state index in [2.05, 4.69) is 5.16 Å². The van der Waals surface area contributed by atoms with Gasteiger partial charge in [-0.15, -0.1) is 0 Å². The first-order valence-electron chi connectivity index (χ1n) is 11.9. The molecule has 36 heavy (non-hydrogen) atoms. The van der Waals surface area contributed by atoms with Gasteiger partial charge in [-0.05, 0) is 49.4 Å². The van der Waals surface area contributed by atoms with E-state index in [0.717, 1.165) is 17.7 Å². The topological polar surface area (TPSA) is 83.7 Å². The third-order valence-corrected chi connectivity index (χ3v) is 9.24. The van der Waals surface area contributed by atoms with E-state index >= 15 is 0 Å². The van der Waals surface area contributed by atoms with Gasteiger partial charge in [0, 0.05) is 36.6 Å². The average Bonchev–Trinajstić information content (AvgIpc) is 3.51. The van der Waals surface area contributed by atoms with Gasteiger partial charge in [0.2, 0.25) is 5.91 Å². The van der Waals surface area contributed by atoms with Gasteiger partial charge in [0.05, 0.1) is 17.1 Å². The summed E-state index contributed by atoms with van der Waals surface area (Å²) in [5, 5.41) is 3.87. The minimum atomic E-state index is -3.94. The summed E-state index contributed by atoms with van der Waals surface area (Å²) in [6.45, 7) is 0.636. The Hall–Kier alpha value is -3.27. The second-order valence-corrected chi connectivity index (χ2v) is 11.5. The first kappa shape index (κ1) is 24.4. The molecule has 1 aliphatic carbocycles. The Labute approximate surface area is 208 Å². The van der Waals surface area contributed by atoms with Crippen molar-refractivity contribution < 1.29 is 26.5 Å². The summed E-state index contributed by atoms with van der Waals surface area (Å²) in [5.74, 6) is -0.102. The van der Waals surface area contributed by atoms with Gasteiger partial charge >= 0.3 is 0 Å². The number of carbonyl (C=O) groups excluding carboxylic acids is 1. The standard InChI is InChI=1S/C26H27F2N3O4S/c1-30(16-20-12-15-35-29-20)25(32)19-10-13-26(14-11-19)17-31(23-5-3-2-4-22(23)26)36(33,34)21-8-6-18(7-9-21)24(27)28/h2-9,12,15,19,24H,10-11,13-14,16-17H2,1H3. The van der Waals surface area contributed by atoms with Crippen molar-refractivity contribution in [1.29, 1.82) is 0 Å². The van der Waals surface area contributed by atoms with Crippen molar-refractivity contribution in [2.45, 2.75) is 49.0 Å². The van der Waals surface area contributed by atoms with E-state index < -0.39 is 21.9 Å². The molecule has 0 bridgehead atoms. The highest BCUT2D eigenvalue weighted by atomic mass is 32.2. The van der Waals surface area contributed by atoms with Crippen LogP contribution in [0.15, 0.2) is 70.3 Å². The van der Waals surface area contributed by atoms with Crippen LogP contribution in [-0.2, 0) is 26.8 Å². The van der Waals surface area contributed by atoms with E-state index in [9.17, 15) is 22.0 Å². The zero-order chi connectivity index (χ0) is 25.5. The monoisotopic (exact) mass is 515 g/mol. The van der Waals surface area contributed by atoms with Crippen LogP contribution in [0, 0.1) is 5.92 Å². The van der Waals surface area contributed by atoms with Crippen LogP contribution in [0.5, 0.6) is 0 Å². The van der Waals surface area contributed by atoms with Gasteiger partial charge in [-0.25, -0.2) is 17.2 Å². The average molecular weight is 516 g/mol. The maximum Gasteiger partial charge on any atom is 0.264 e. The van der Waals surface area contributed by atoms with Gasteiger partial charge in [0.15, 0.2) is 0 Å². The summed E-state index contributed by atoms with van der Waals surface area (Å²) < 4.78 is 59.4. The quantitative estimate of drug-likeness (QED) is 0.466. The van der Waals surface area contributed by atoms with Gasteiger partial charge < -0.3 is 9.42 Å². The number of alkyl halides is 2. The first-order chi connectivity index (χ1) is 17.2. The Morgan fingerprint density at radius 2 is 1.83 bits per heavy atom. The number of para-hydroxylation sites is 1. The number of amides is 1. The molecule has 0 atom stereocenters. The number of nitrogens with zero attached hydrogens (tertiary/aromatic N) is 3. The van der Waals surface area contributed by atoms with E-state index in [0.29, 0.717) is 43.6 Å². The number of aromatic nitrogens is 1. The Kier molecular flexibility index (Phi) is 6.32. The van der Waals surface area contributed by atoms with Crippen molar-refractivity contribution in [2.24, 2.45) is 5.92 Å². The summed E-state index contributed by atoms with van der Waals surface area (Å²) >= 11 is 0. The van der Waals surface area contributed by atoms with E-state index in [1.165, 1.54) is 22.7 Å². The normalized spacial score (nSPS) is 21.7. The summed E-state index contributed by atoms with van der Waals surface area (Å²) in [7, 11) is -2.19. The fourth-order valence-corrected chi connectivity index (χ4v) is 7.08. The second kappa shape index (κ2) is 9.31. The molecule has 0 N–H and O–H groups in total. The van der Waals surface area contributed by atoms with Crippen molar-refractivity contribution in [3.05, 3.63) is 77.7 Å². The van der Waals surface area contributed by atoms with E-state index in [-0.39, 0.29) is 28.8 Å². The third kappa shape index (κ3) is 4.27. The van der Waals surface area contributed by atoms with Gasteiger partial charge in [0.25, 0.3) is 16.4 Å². The van der Waals surface area contributed by atoms with Crippen LogP contribution in [-0.4, -0.2) is 38.0 Å². The maximum atomic E-state index is 13.6. The molecular formula is C26H27F2N3O4S. The molecule has 3 aromatic rings. The highest BCUT2D eigenvalue weighted by molar-refractivity contribution is 7.92. The highest BCUT2D eigenvalue weighted by Crippen LogP contribution is 2.51. The molecule has 7 nitrogen and oxygen atoms in total. The molecule has 0 unspecified atom stereocenters. The number of sulfonamides is 1. The van der Waals surface area contributed by atoms with Crippen molar-refractivity contribution in [1.82, 2.24) is 10.1 Å². The molecule has 2 aliphatic rings. The number of rotatable bonds is 6. The van der Waals surface area contributed by atoms with Crippen LogP contribution in [0.25, 0.3) is 0 Å². The number of hydrogen-bond acceptors (Lipinski definition) is 5. The molecule has 190 valence electrons. The van der Waals surface area contributed by atoms with Gasteiger partial charge in [-0.1, -0.05) is 35.5 Å². The lowest BCUT2D eigenvalue weighted by Crippen LogP contribution is -2.42. The zero-order valence-electron chi connectivity index (χ0n) is 19.8. The lowest BCUT2D eigenvalue weighted by molar-refractivity contribution is -0.136. The van der Waals surface area contributed by atoms with Crippen molar-refractivity contribution in [3.63, 3.8) is 0 Å². The van der Waals surface area contributed by atoms with E-state index in [4.69, 9.17) is 4.52 Å². The lowest BCUT2D eigenvalue weighted by Gasteiger charge is -2.38. The fraction of sp³-hybridized carbons (Fsp3) is 0.385. The molecule has 2 heterocycles. The molecule has 2 aromatic carbocycles. The molecule has 1 spiro atoms. The number of fused-ring (bicyclic) bond motifs is 2. The van der Waals surface area contributed by atoms with Crippen molar-refractivity contribution in [3.8, 4) is 0 Å². The molecule has 1 fully saturated rings. The summed E-state index contributed by atoms with van der Waals surface area (Å²) in [6, 6.07) is 14.0. The van der Waals surface area contributed by atoms with Crippen molar-refractivity contribution in [2.75, 3.05) is 17.9 Å². The number of anilines is 1. The Morgan fingerprint density at radius 3 is 2.47 bits per heavy atom. The van der Waals surface area contributed by atoms with Crippen LogP contribution < -0.4 is 4.31 Å². The molecule has 1 saturated carbocycles. The zero-order valence-corrected chi connectivity index (χ0v) is 20.6. The molecule has 1 amide bonds. The number of carbonyl (C=O) groups is 1. The number of halogens is 2. The van der Waals surface area contributed by atoms with Crippen LogP contribution in [0.1, 0.15) is 48.9 Å². The Balaban J connectivity index is 1.35. The molecule has 1 aromatic heterocycles. The van der Waals surface area contributed by atoms with Crippen LogP contribution >= 0.6 is 0 Å². The molecule has 0 saturated heterocycles. The second-order valence-electron chi connectivity index (χ2n) is 9.64. The largest absolute Gasteiger partial charge is 0.364 e. The van der Waals surface area contributed by atoms with E-state index in [1.54, 1.807) is 30.1 Å². The Bertz CT molecular complexity index is 1340. The molecule has 0 radical (unpaired) electrons. The summed E-state index contributed by atoms with van der Waals surface area (Å²) in [5.41, 5.74) is 1.64. The molecule has 5 rings (SSSR count). The maximum absolute atomic E-state index is 13.6. The summed E-state index contributed by atoms with van der Waals surface area (Å²) in [6.07, 6.45) is 1.46. The SMILES string of the molecule is CN(Cc1ccon1)C(=O)C1CCC2(CC1)CN(S(=O)(=O)c1ccc(C(F)F)cc1)c1ccccc12. The minimum absolute atomic E-state index is 0.0166. The van der Waals surface area contributed by atoms with Gasteiger partial charge in [0.1, 0.15) is 12.0 Å². The van der Waals surface area contributed by atoms with Crippen molar-refractivity contribution >= 4 is 21.6 Å². The highest BCUT2D eigenvalue weighted by Gasteiger charge is 2.49. The predicted octanol–water partition coefficient (Wildman–Crippen LogP) is 4.91. The molecule has 10 heteroatoms.